The lowest BCUT2D eigenvalue weighted by Gasteiger charge is -2.45. The van der Waals surface area contributed by atoms with E-state index in [-0.39, 0.29) is 71.6 Å². The van der Waals surface area contributed by atoms with Crippen LogP contribution in [0.1, 0.15) is 31.9 Å². The van der Waals surface area contributed by atoms with Crippen LogP contribution < -0.4 is 10.6 Å². The highest BCUT2D eigenvalue weighted by atomic mass is 32.2. The number of hydrogen-bond acceptors (Lipinski definition) is 7. The van der Waals surface area contributed by atoms with Crippen molar-refractivity contribution in [1.29, 1.82) is 0 Å². The molecule has 0 saturated carbocycles. The maximum Gasteiger partial charge on any atom is 0.417 e. The fraction of sp³-hybridized carbons (Fsp3) is 0.469. The third-order valence-corrected chi connectivity index (χ3v) is 10.7. The summed E-state index contributed by atoms with van der Waals surface area (Å²) in [6, 6.07) is 5.40. The fourth-order valence-electron chi connectivity index (χ4n) is 7.60. The summed E-state index contributed by atoms with van der Waals surface area (Å²) in [7, 11) is 0. The van der Waals surface area contributed by atoms with E-state index in [1.54, 1.807) is 9.47 Å². The van der Waals surface area contributed by atoms with Crippen LogP contribution >= 0.6 is 11.8 Å². The highest BCUT2D eigenvalue weighted by Gasteiger charge is 2.43. The Bertz CT molecular complexity index is 1730. The first-order valence-corrected chi connectivity index (χ1v) is 16.1. The van der Waals surface area contributed by atoms with Gasteiger partial charge in [0.2, 0.25) is 5.91 Å². The van der Waals surface area contributed by atoms with Crippen molar-refractivity contribution in [2.24, 2.45) is 0 Å². The van der Waals surface area contributed by atoms with E-state index >= 15 is 0 Å². The molecule has 2 aromatic carbocycles. The molecule has 3 saturated heterocycles. The molecule has 0 N–H and O–H groups in total. The van der Waals surface area contributed by atoms with Gasteiger partial charge in [0.15, 0.2) is 0 Å². The van der Waals surface area contributed by atoms with Crippen molar-refractivity contribution in [2.45, 2.75) is 61.6 Å². The Kier molecular flexibility index (Phi) is 7.48. The van der Waals surface area contributed by atoms with Crippen LogP contribution in [0.4, 0.5) is 23.4 Å². The zero-order chi connectivity index (χ0) is 31.8. The Morgan fingerprint density at radius 1 is 1.16 bits per heavy atom. The summed E-state index contributed by atoms with van der Waals surface area (Å²) in [5, 5.41) is 0.231. The molecule has 0 radical (unpaired) electrons. The number of rotatable bonds is 5. The van der Waals surface area contributed by atoms with Crippen LogP contribution in [0, 0.1) is 5.82 Å². The molecule has 4 aliphatic heterocycles. The second kappa shape index (κ2) is 11.1. The molecule has 3 aromatic rings. The number of carbonyl (C=O) groups excluding carboxylic acids is 1. The summed E-state index contributed by atoms with van der Waals surface area (Å²) in [6.45, 7) is 9.79. The SMILES string of the molecule is C=CC(=O)N1[C@H](C)CN(c2nc(=O)n3c4c(c(-c5ccc(F)cc5)c(C(F)(F)F)cc24)SC[C@@H]3CN2C[C@@H]3C[C@H]2CO3)C[C@@H]1C. The second-order valence-corrected chi connectivity index (χ2v) is 13.5. The number of anilines is 1. The lowest BCUT2D eigenvalue weighted by molar-refractivity contribution is -0.137. The van der Waals surface area contributed by atoms with Gasteiger partial charge in [-0.3, -0.25) is 14.3 Å². The minimum Gasteiger partial charge on any atom is -0.375 e. The molecule has 45 heavy (non-hydrogen) atoms. The second-order valence-electron chi connectivity index (χ2n) is 12.4. The van der Waals surface area contributed by atoms with Crippen molar-refractivity contribution >= 4 is 34.4 Å². The highest BCUT2D eigenvalue weighted by molar-refractivity contribution is 7.99. The summed E-state index contributed by atoms with van der Waals surface area (Å²) < 4.78 is 66.0. The Morgan fingerprint density at radius 2 is 1.87 bits per heavy atom. The van der Waals surface area contributed by atoms with Gasteiger partial charge in [0.25, 0.3) is 0 Å². The average molecular weight is 644 g/mol. The maximum atomic E-state index is 14.9. The van der Waals surface area contributed by atoms with Gasteiger partial charge in [0, 0.05) is 65.9 Å². The number of benzene rings is 2. The number of halogens is 4. The fourth-order valence-corrected chi connectivity index (χ4v) is 8.93. The first-order chi connectivity index (χ1) is 21.4. The standard InChI is InChI=1S/C32H33F4N5O3S/c1-4-26(42)40-17(2)11-39(12-18(40)3)30-24-10-25(32(34,35)36)27(19-5-7-20(33)8-6-19)29-28(24)41(31(43)37-30)22(16-45-29)13-38-14-23-9-21(38)15-44-23/h4-8,10,17-18,21-23H,1,9,11-16H2,2-3H3/t17-,18+,21-,22-,23-/m0/s1. The minimum absolute atomic E-state index is 0.0690. The molecule has 3 fully saturated rings. The zero-order valence-electron chi connectivity index (χ0n) is 24.9. The number of aromatic nitrogens is 2. The number of hydrogen-bond donors (Lipinski definition) is 0. The lowest BCUT2D eigenvalue weighted by atomic mass is 9.95. The molecule has 4 aliphatic rings. The van der Waals surface area contributed by atoms with Gasteiger partial charge < -0.3 is 14.5 Å². The van der Waals surface area contributed by atoms with E-state index in [0.717, 1.165) is 31.2 Å². The van der Waals surface area contributed by atoms with Gasteiger partial charge in [-0.15, -0.1) is 11.8 Å². The van der Waals surface area contributed by atoms with Crippen molar-refractivity contribution in [2.75, 3.05) is 43.4 Å². The van der Waals surface area contributed by atoms with Crippen molar-refractivity contribution in [1.82, 2.24) is 19.4 Å². The van der Waals surface area contributed by atoms with Crippen LogP contribution in [0.5, 0.6) is 0 Å². The van der Waals surface area contributed by atoms with Gasteiger partial charge in [-0.1, -0.05) is 18.7 Å². The average Bonchev–Trinajstić information content (AvgIpc) is 3.62. The summed E-state index contributed by atoms with van der Waals surface area (Å²) >= 11 is 1.30. The molecule has 8 nitrogen and oxygen atoms in total. The third kappa shape index (κ3) is 5.12. The normalized spacial score (nSPS) is 26.6. The van der Waals surface area contributed by atoms with E-state index in [1.807, 2.05) is 18.7 Å². The quantitative estimate of drug-likeness (QED) is 0.288. The van der Waals surface area contributed by atoms with Gasteiger partial charge >= 0.3 is 11.9 Å². The number of alkyl halides is 3. The van der Waals surface area contributed by atoms with Gasteiger partial charge in [-0.05, 0) is 50.1 Å². The molecule has 0 unspecified atom stereocenters. The van der Waals surface area contributed by atoms with E-state index in [0.29, 0.717) is 29.3 Å². The van der Waals surface area contributed by atoms with E-state index in [2.05, 4.69) is 16.5 Å². The molecule has 5 heterocycles. The van der Waals surface area contributed by atoms with E-state index in [9.17, 15) is 27.2 Å². The van der Waals surface area contributed by atoms with Crippen LogP contribution in [-0.2, 0) is 15.7 Å². The summed E-state index contributed by atoms with van der Waals surface area (Å²) in [4.78, 5) is 37.2. The molecule has 1 amide bonds. The molecular weight excluding hydrogens is 610 g/mol. The molecular formula is C32H33F4N5O3S. The summed E-state index contributed by atoms with van der Waals surface area (Å²) in [5.41, 5.74) is -0.841. The highest BCUT2D eigenvalue weighted by Crippen LogP contribution is 2.50. The van der Waals surface area contributed by atoms with Crippen molar-refractivity contribution in [3.8, 4) is 11.1 Å². The van der Waals surface area contributed by atoms with Crippen molar-refractivity contribution < 1.29 is 27.1 Å². The number of ether oxygens (including phenoxy) is 1. The zero-order valence-corrected chi connectivity index (χ0v) is 25.7. The third-order valence-electron chi connectivity index (χ3n) is 9.47. The number of piperazine rings is 1. The minimum atomic E-state index is -4.74. The van der Waals surface area contributed by atoms with Crippen LogP contribution in [0.3, 0.4) is 0 Å². The molecule has 1 aromatic heterocycles. The lowest BCUT2D eigenvalue weighted by Crippen LogP contribution is -2.58. The monoisotopic (exact) mass is 643 g/mol. The predicted molar refractivity (Wildman–Crippen MR) is 164 cm³/mol. The predicted octanol–water partition coefficient (Wildman–Crippen LogP) is 4.95. The van der Waals surface area contributed by atoms with Crippen LogP contribution in [0.2, 0.25) is 0 Å². The Labute approximate surface area is 261 Å². The molecule has 238 valence electrons. The smallest absolute Gasteiger partial charge is 0.375 e. The number of thioether (sulfide) groups is 1. The van der Waals surface area contributed by atoms with Crippen LogP contribution in [0.15, 0.2) is 52.7 Å². The van der Waals surface area contributed by atoms with E-state index in [1.165, 1.54) is 30.0 Å². The number of morpholine rings is 1. The maximum absolute atomic E-state index is 14.9. The Hall–Kier alpha value is -3.42. The van der Waals surface area contributed by atoms with Crippen LogP contribution in [-0.4, -0.2) is 88.0 Å². The number of amides is 1. The molecule has 5 atom stereocenters. The first-order valence-electron chi connectivity index (χ1n) is 15.1. The molecule has 13 heteroatoms. The number of likely N-dealkylation sites (tertiary alicyclic amines) is 1. The summed E-state index contributed by atoms with van der Waals surface area (Å²) in [6.07, 6.45) is -2.41. The number of nitrogens with zero attached hydrogens (tertiary/aromatic N) is 5. The topological polar surface area (TPSA) is 70.9 Å². The number of carbonyl (C=O) groups is 1. The van der Waals surface area contributed by atoms with E-state index < -0.39 is 23.2 Å². The largest absolute Gasteiger partial charge is 0.417 e. The van der Waals surface area contributed by atoms with Gasteiger partial charge in [-0.25, -0.2) is 9.18 Å². The van der Waals surface area contributed by atoms with Crippen molar-refractivity contribution in [3.05, 3.63) is 64.9 Å². The van der Waals surface area contributed by atoms with Gasteiger partial charge in [0.05, 0.1) is 29.8 Å². The van der Waals surface area contributed by atoms with Crippen LogP contribution in [0.25, 0.3) is 22.0 Å². The molecule has 2 bridgehead atoms. The number of fused-ring (bicyclic) bond motifs is 2. The molecule has 0 aliphatic carbocycles. The van der Waals surface area contributed by atoms with Crippen molar-refractivity contribution in [3.63, 3.8) is 0 Å². The molecule has 7 rings (SSSR count). The van der Waals surface area contributed by atoms with Gasteiger partial charge in [0.1, 0.15) is 11.6 Å². The summed E-state index contributed by atoms with van der Waals surface area (Å²) in [5.74, 6) is -0.242. The Morgan fingerprint density at radius 3 is 2.47 bits per heavy atom. The van der Waals surface area contributed by atoms with Gasteiger partial charge in [-0.2, -0.15) is 18.2 Å². The molecule has 0 spiro atoms. The first kappa shape index (κ1) is 30.2. The Balaban J connectivity index is 1.44. The van der Waals surface area contributed by atoms with E-state index in [4.69, 9.17) is 4.74 Å².